The summed E-state index contributed by atoms with van der Waals surface area (Å²) >= 11 is 0. The monoisotopic (exact) mass is 253 g/mol. The Morgan fingerprint density at radius 2 is 2.06 bits per heavy atom. The molecule has 1 fully saturated rings. The number of hydrogen-bond donors (Lipinski definition) is 2. The Balaban J connectivity index is 2.65. The molecule has 3 heteroatoms. The Kier molecular flexibility index (Phi) is 6.90. The van der Waals surface area contributed by atoms with E-state index in [9.17, 15) is 0 Å². The predicted octanol–water partition coefficient (Wildman–Crippen LogP) is 2.83. The summed E-state index contributed by atoms with van der Waals surface area (Å²) in [6.45, 7) is 10.9. The number of likely N-dealkylation sites (tertiary alicyclic amines) is 1. The number of nitrogens with one attached hydrogen (secondary N) is 1. The van der Waals surface area contributed by atoms with Crippen molar-refractivity contribution in [3.8, 4) is 0 Å². The van der Waals surface area contributed by atoms with E-state index in [1.54, 1.807) is 0 Å². The van der Waals surface area contributed by atoms with E-state index in [2.05, 4.69) is 30.8 Å². The molecule has 106 valence electrons. The van der Waals surface area contributed by atoms with Gasteiger partial charge >= 0.3 is 0 Å². The third-order valence-electron chi connectivity index (χ3n) is 4.65. The molecule has 2 atom stereocenters. The van der Waals surface area contributed by atoms with E-state index in [1.165, 1.54) is 38.8 Å². The first-order valence-corrected chi connectivity index (χ1v) is 7.51. The largest absolute Gasteiger partial charge is 0.296 e. The molecular weight excluding hydrogens is 222 g/mol. The fraction of sp³-hybridized carbons (Fsp3) is 0.867. The average molecular weight is 253 g/mol. The fourth-order valence-electron chi connectivity index (χ4n) is 3.14. The Bertz CT molecular complexity index is 236. The molecule has 18 heavy (non-hydrogen) atoms. The van der Waals surface area contributed by atoms with Gasteiger partial charge < -0.3 is 0 Å². The second-order valence-corrected chi connectivity index (χ2v) is 5.70. The third kappa shape index (κ3) is 3.81. The van der Waals surface area contributed by atoms with Crippen molar-refractivity contribution >= 4 is 0 Å². The number of allylic oxidation sites excluding steroid dienone is 1. The first kappa shape index (κ1) is 15.7. The maximum atomic E-state index is 5.82. The molecule has 0 aliphatic carbocycles. The summed E-state index contributed by atoms with van der Waals surface area (Å²) in [6.07, 6.45) is 10.6. The van der Waals surface area contributed by atoms with Crippen LogP contribution in [0.1, 0.15) is 58.8 Å². The summed E-state index contributed by atoms with van der Waals surface area (Å²) < 4.78 is 0. The van der Waals surface area contributed by atoms with Gasteiger partial charge in [-0.3, -0.25) is 16.2 Å². The third-order valence-corrected chi connectivity index (χ3v) is 4.65. The average Bonchev–Trinajstić information content (AvgIpc) is 2.44. The highest BCUT2D eigenvalue weighted by molar-refractivity contribution is 4.96. The molecular formula is C15H31N3. The fourth-order valence-corrected chi connectivity index (χ4v) is 3.14. The van der Waals surface area contributed by atoms with Crippen molar-refractivity contribution in [1.82, 2.24) is 10.3 Å². The standard InChI is InChI=1S/C15H31N3/c1-4-6-8-11-14(17-16)15(3,5-2)18-12-9-7-10-13-18/h4,14,17H,1,5-13,16H2,2-3H3. The van der Waals surface area contributed by atoms with E-state index >= 15 is 0 Å². The van der Waals surface area contributed by atoms with Gasteiger partial charge in [0.05, 0.1) is 0 Å². The van der Waals surface area contributed by atoms with Gasteiger partial charge in [-0.2, -0.15) is 0 Å². The molecule has 3 nitrogen and oxygen atoms in total. The predicted molar refractivity (Wildman–Crippen MR) is 79.3 cm³/mol. The van der Waals surface area contributed by atoms with Crippen LogP contribution in [0.5, 0.6) is 0 Å². The zero-order valence-corrected chi connectivity index (χ0v) is 12.3. The molecule has 1 aliphatic rings. The highest BCUT2D eigenvalue weighted by Gasteiger charge is 2.37. The minimum absolute atomic E-state index is 0.191. The van der Waals surface area contributed by atoms with Gasteiger partial charge in [0.2, 0.25) is 0 Å². The SMILES string of the molecule is C=CCCCC(NN)C(C)(CC)N1CCCCC1. The molecule has 1 aliphatic heterocycles. The molecule has 1 rings (SSSR count). The number of hydrogen-bond acceptors (Lipinski definition) is 3. The van der Waals surface area contributed by atoms with E-state index in [1.807, 2.05) is 6.08 Å². The summed E-state index contributed by atoms with van der Waals surface area (Å²) in [4.78, 5) is 2.65. The van der Waals surface area contributed by atoms with E-state index < -0.39 is 0 Å². The molecule has 3 N–H and O–H groups in total. The molecule has 0 aromatic heterocycles. The highest BCUT2D eigenvalue weighted by Crippen LogP contribution is 2.29. The van der Waals surface area contributed by atoms with E-state index in [0.29, 0.717) is 6.04 Å². The number of rotatable bonds is 8. The lowest BCUT2D eigenvalue weighted by atomic mass is 9.83. The second-order valence-electron chi connectivity index (χ2n) is 5.70. The molecule has 1 saturated heterocycles. The van der Waals surface area contributed by atoms with Crippen LogP contribution in [-0.2, 0) is 0 Å². The number of nitrogens with zero attached hydrogens (tertiary/aromatic N) is 1. The second kappa shape index (κ2) is 7.93. The van der Waals surface area contributed by atoms with Crippen molar-refractivity contribution < 1.29 is 0 Å². The van der Waals surface area contributed by atoms with Crippen LogP contribution in [0.3, 0.4) is 0 Å². The quantitative estimate of drug-likeness (QED) is 0.302. The lowest BCUT2D eigenvalue weighted by molar-refractivity contribution is 0.0397. The molecule has 0 bridgehead atoms. The molecule has 0 amide bonds. The topological polar surface area (TPSA) is 41.3 Å². The maximum Gasteiger partial charge on any atom is 0.0392 e. The van der Waals surface area contributed by atoms with Crippen LogP contribution in [0.4, 0.5) is 0 Å². The molecule has 2 unspecified atom stereocenters. The lowest BCUT2D eigenvalue weighted by Gasteiger charge is -2.48. The zero-order valence-electron chi connectivity index (χ0n) is 12.3. The summed E-state index contributed by atoms with van der Waals surface area (Å²) in [7, 11) is 0. The summed E-state index contributed by atoms with van der Waals surface area (Å²) in [5.41, 5.74) is 3.26. The normalized spacial score (nSPS) is 22.4. The van der Waals surface area contributed by atoms with Crippen molar-refractivity contribution in [1.29, 1.82) is 0 Å². The molecule has 0 aromatic rings. The summed E-state index contributed by atoms with van der Waals surface area (Å²) in [6, 6.07) is 0.376. The molecule has 0 radical (unpaired) electrons. The highest BCUT2D eigenvalue weighted by atomic mass is 15.3. The van der Waals surface area contributed by atoms with E-state index in [4.69, 9.17) is 5.84 Å². The zero-order chi connectivity index (χ0) is 13.4. The van der Waals surface area contributed by atoms with Crippen LogP contribution in [0.25, 0.3) is 0 Å². The van der Waals surface area contributed by atoms with Gasteiger partial charge in [-0.1, -0.05) is 19.4 Å². The number of nitrogens with two attached hydrogens (primary N) is 1. The van der Waals surface area contributed by atoms with Crippen molar-refractivity contribution in [2.45, 2.75) is 70.4 Å². The smallest absolute Gasteiger partial charge is 0.0392 e. The number of piperidine rings is 1. The Hall–Kier alpha value is -0.380. The van der Waals surface area contributed by atoms with E-state index in [-0.39, 0.29) is 5.54 Å². The van der Waals surface area contributed by atoms with Gasteiger partial charge in [0.1, 0.15) is 0 Å². The van der Waals surface area contributed by atoms with Crippen LogP contribution in [0, 0.1) is 0 Å². The first-order chi connectivity index (χ1) is 8.69. The maximum absolute atomic E-state index is 5.82. The molecule has 0 spiro atoms. The lowest BCUT2D eigenvalue weighted by Crippen LogP contribution is -2.61. The van der Waals surface area contributed by atoms with Gasteiger partial charge in [-0.15, -0.1) is 6.58 Å². The van der Waals surface area contributed by atoms with Crippen molar-refractivity contribution in [3.05, 3.63) is 12.7 Å². The van der Waals surface area contributed by atoms with E-state index in [0.717, 1.165) is 19.3 Å². The molecule has 0 saturated carbocycles. The molecule has 1 heterocycles. The Morgan fingerprint density at radius 3 is 2.56 bits per heavy atom. The number of unbranched alkanes of at least 4 members (excludes halogenated alkanes) is 1. The molecule has 0 aromatic carbocycles. The number of hydrazine groups is 1. The van der Waals surface area contributed by atoms with Gasteiger partial charge in [-0.05, 0) is 58.5 Å². The van der Waals surface area contributed by atoms with Crippen LogP contribution in [0.15, 0.2) is 12.7 Å². The summed E-state index contributed by atoms with van der Waals surface area (Å²) in [5.74, 6) is 5.82. The Morgan fingerprint density at radius 1 is 1.39 bits per heavy atom. The minimum atomic E-state index is 0.191. The van der Waals surface area contributed by atoms with Crippen LogP contribution in [-0.4, -0.2) is 29.6 Å². The summed E-state index contributed by atoms with van der Waals surface area (Å²) in [5, 5.41) is 0. The Labute approximate surface area is 113 Å². The van der Waals surface area contributed by atoms with Crippen molar-refractivity contribution in [2.75, 3.05) is 13.1 Å². The van der Waals surface area contributed by atoms with Crippen molar-refractivity contribution in [2.24, 2.45) is 5.84 Å². The van der Waals surface area contributed by atoms with Gasteiger partial charge in [0, 0.05) is 11.6 Å². The first-order valence-electron chi connectivity index (χ1n) is 7.51. The van der Waals surface area contributed by atoms with Crippen molar-refractivity contribution in [3.63, 3.8) is 0 Å². The van der Waals surface area contributed by atoms with Gasteiger partial charge in [0.15, 0.2) is 0 Å². The van der Waals surface area contributed by atoms with Crippen LogP contribution in [0.2, 0.25) is 0 Å². The van der Waals surface area contributed by atoms with Crippen LogP contribution < -0.4 is 11.3 Å². The van der Waals surface area contributed by atoms with Gasteiger partial charge in [-0.25, -0.2) is 0 Å². The van der Waals surface area contributed by atoms with Gasteiger partial charge in [0.25, 0.3) is 0 Å². The minimum Gasteiger partial charge on any atom is -0.296 e. The van der Waals surface area contributed by atoms with Crippen LogP contribution >= 0.6 is 0 Å².